The summed E-state index contributed by atoms with van der Waals surface area (Å²) in [6.07, 6.45) is 0. The first-order valence-electron chi connectivity index (χ1n) is 6.98. The van der Waals surface area contributed by atoms with Crippen LogP contribution in [0.15, 0.2) is 59.7 Å². The Morgan fingerprint density at radius 2 is 1.74 bits per heavy atom. The number of nitrogens with one attached hydrogen (secondary N) is 1. The average Bonchev–Trinajstić information content (AvgIpc) is 2.55. The summed E-state index contributed by atoms with van der Waals surface area (Å²) in [4.78, 5) is 11.1. The molecule has 1 aliphatic rings. The molecule has 2 aromatic carbocycles. The Labute approximate surface area is 147 Å². The van der Waals surface area contributed by atoms with Crippen LogP contribution >= 0.6 is 0 Å². The van der Waals surface area contributed by atoms with Crippen LogP contribution in [0.4, 0.5) is 5.69 Å². The fraction of sp³-hybridized carbons (Fsp3) is 0.125. The van der Waals surface area contributed by atoms with E-state index in [1.807, 2.05) is 23.5 Å². The molecule has 23 heavy (non-hydrogen) atoms. The zero-order valence-electron chi connectivity index (χ0n) is 12.4. The molecule has 3 rings (SSSR count). The molecule has 0 atom stereocenters. The summed E-state index contributed by atoms with van der Waals surface area (Å²) in [5.41, 5.74) is 6.01. The molecule has 5 nitrogen and oxygen atoms in total. The van der Waals surface area contributed by atoms with Gasteiger partial charge < -0.3 is 30.1 Å². The zero-order chi connectivity index (χ0) is 14.5. The van der Waals surface area contributed by atoms with Crippen molar-refractivity contribution in [3.8, 4) is 0 Å². The molecular weight excluding hydrogens is 335 g/mol. The predicted molar refractivity (Wildman–Crippen MR) is 79.6 cm³/mol. The van der Waals surface area contributed by atoms with Gasteiger partial charge in [-0.25, -0.2) is 5.43 Å². The minimum absolute atomic E-state index is 0. The van der Waals surface area contributed by atoms with Crippen LogP contribution in [-0.2, 0) is 11.3 Å². The summed E-state index contributed by atoms with van der Waals surface area (Å²) in [5.74, 6) is 0.760. The highest BCUT2D eigenvalue weighted by Crippen LogP contribution is 2.05. The second-order valence-corrected chi connectivity index (χ2v) is 4.96. The summed E-state index contributed by atoms with van der Waals surface area (Å²) in [7, 11) is 0. The molecular formula is C16H18Cl2N4O. The van der Waals surface area contributed by atoms with Gasteiger partial charge in [-0.15, -0.1) is 5.10 Å². The largest absolute Gasteiger partial charge is 1.00 e. The molecule has 1 heterocycles. The Morgan fingerprint density at radius 1 is 1.04 bits per heavy atom. The van der Waals surface area contributed by atoms with Gasteiger partial charge in [0.25, 0.3) is 5.91 Å². The second-order valence-electron chi connectivity index (χ2n) is 4.96. The van der Waals surface area contributed by atoms with Crippen molar-refractivity contribution in [1.82, 2.24) is 5.43 Å². The number of hydrazone groups is 1. The van der Waals surface area contributed by atoms with Gasteiger partial charge in [0, 0.05) is 5.56 Å². The van der Waals surface area contributed by atoms with Crippen LogP contribution in [0.3, 0.4) is 0 Å². The molecule has 0 unspecified atom stereocenters. The van der Waals surface area contributed by atoms with E-state index in [1.165, 1.54) is 11.3 Å². The van der Waals surface area contributed by atoms with Gasteiger partial charge in [-0.1, -0.05) is 30.3 Å². The van der Waals surface area contributed by atoms with E-state index < -0.39 is 0 Å². The van der Waals surface area contributed by atoms with Crippen LogP contribution in [0.25, 0.3) is 0 Å². The number of nitrogens with two attached hydrogens (primary N) is 2. The van der Waals surface area contributed by atoms with Crippen molar-refractivity contribution in [3.63, 3.8) is 0 Å². The number of amides is 1. The summed E-state index contributed by atoms with van der Waals surface area (Å²) in [6.45, 7) is 1.31. The first kappa shape index (κ1) is 19.1. The maximum absolute atomic E-state index is 11.1. The topological polar surface area (TPSA) is 74.7 Å². The molecule has 0 spiro atoms. The van der Waals surface area contributed by atoms with E-state index in [9.17, 15) is 4.79 Å². The van der Waals surface area contributed by atoms with Crippen LogP contribution in [0.2, 0.25) is 0 Å². The third-order valence-electron chi connectivity index (χ3n) is 3.40. The number of rotatable bonds is 4. The number of carbonyl (C=O) groups is 1. The maximum Gasteiger partial charge on any atom is 0.295 e. The molecule has 1 amide bonds. The van der Waals surface area contributed by atoms with Crippen LogP contribution in [0.1, 0.15) is 11.1 Å². The Bertz CT molecular complexity index is 660. The molecule has 0 saturated carbocycles. The lowest BCUT2D eigenvalue weighted by Crippen LogP contribution is -3.00. The molecule has 0 fully saturated rings. The fourth-order valence-electron chi connectivity index (χ4n) is 2.23. The first-order chi connectivity index (χ1) is 10.3. The zero-order valence-corrected chi connectivity index (χ0v) is 13.9. The van der Waals surface area contributed by atoms with E-state index in [-0.39, 0.29) is 30.7 Å². The van der Waals surface area contributed by atoms with Crippen LogP contribution < -0.4 is 40.9 Å². The summed E-state index contributed by atoms with van der Waals surface area (Å²) in [6, 6.07) is 18.6. The number of amidine groups is 1. The number of quaternary nitrogens is 2. The van der Waals surface area contributed by atoms with Crippen molar-refractivity contribution in [2.75, 3.05) is 6.54 Å². The highest BCUT2D eigenvalue weighted by Gasteiger charge is 2.16. The van der Waals surface area contributed by atoms with Crippen LogP contribution in [-0.4, -0.2) is 18.3 Å². The highest BCUT2D eigenvalue weighted by atomic mass is 35.5. The van der Waals surface area contributed by atoms with E-state index >= 15 is 0 Å². The first-order valence-corrected chi connectivity index (χ1v) is 6.98. The Kier molecular flexibility index (Phi) is 7.71. The number of hydrogen-bond donors (Lipinski definition) is 3. The second kappa shape index (κ2) is 9.27. The van der Waals surface area contributed by atoms with Crippen molar-refractivity contribution in [1.29, 1.82) is 0 Å². The third-order valence-corrected chi connectivity index (χ3v) is 3.40. The van der Waals surface area contributed by atoms with Gasteiger partial charge in [0.2, 0.25) is 5.84 Å². The van der Waals surface area contributed by atoms with Crippen molar-refractivity contribution in [2.24, 2.45) is 5.10 Å². The Balaban J connectivity index is 0.00000132. The van der Waals surface area contributed by atoms with E-state index in [2.05, 4.69) is 52.2 Å². The number of benzene rings is 2. The van der Waals surface area contributed by atoms with Gasteiger partial charge in [0.05, 0.1) is 5.56 Å². The summed E-state index contributed by atoms with van der Waals surface area (Å²) < 4.78 is 0. The Morgan fingerprint density at radius 3 is 2.35 bits per heavy atom. The number of halogens is 2. The lowest BCUT2D eigenvalue weighted by atomic mass is 10.1. The molecule has 2 aromatic rings. The van der Waals surface area contributed by atoms with Crippen molar-refractivity contribution in [3.05, 3.63) is 65.7 Å². The Hall–Kier alpha value is -1.92. The van der Waals surface area contributed by atoms with Crippen LogP contribution in [0.5, 0.6) is 0 Å². The summed E-state index contributed by atoms with van der Waals surface area (Å²) >= 11 is 0. The molecule has 0 aromatic heterocycles. The standard InChI is InChI=1S/C16H16N4O.2ClH/c21-15-11-18-16(20-19-15)13-6-8-14(9-7-13)17-10-12-4-2-1-3-5-12;;/h1-9,17H,10-11H2,(H,18,20)(H,19,21);2*1H. The number of carbonyl (C=O) groups excluding carboxylic acids is 1. The quantitative estimate of drug-likeness (QED) is 0.470. The minimum Gasteiger partial charge on any atom is -1.00 e. The van der Waals surface area contributed by atoms with Gasteiger partial charge in [-0.05, 0) is 24.3 Å². The minimum atomic E-state index is -0.0634. The molecule has 7 heteroatoms. The highest BCUT2D eigenvalue weighted by molar-refractivity contribution is 5.95. The van der Waals surface area contributed by atoms with E-state index in [0.29, 0.717) is 6.54 Å². The van der Waals surface area contributed by atoms with Gasteiger partial charge in [0.15, 0.2) is 6.54 Å². The normalized spacial score (nSPS) is 13.2. The molecule has 5 N–H and O–H groups in total. The third kappa shape index (κ3) is 5.33. The molecule has 122 valence electrons. The van der Waals surface area contributed by atoms with Gasteiger partial charge >= 0.3 is 0 Å². The lowest BCUT2D eigenvalue weighted by Gasteiger charge is -2.09. The van der Waals surface area contributed by atoms with Gasteiger partial charge in [-0.3, -0.25) is 10.1 Å². The predicted octanol–water partition coefficient (Wildman–Crippen LogP) is -6.56. The molecule has 0 aliphatic carbocycles. The summed E-state index contributed by atoms with van der Waals surface area (Å²) in [5, 5.41) is 8.11. The van der Waals surface area contributed by atoms with E-state index in [0.717, 1.165) is 17.9 Å². The van der Waals surface area contributed by atoms with Crippen molar-refractivity contribution < 1.29 is 40.2 Å². The van der Waals surface area contributed by atoms with Gasteiger partial charge in [0.1, 0.15) is 12.2 Å². The average molecular weight is 353 g/mol. The maximum atomic E-state index is 11.1. The molecule has 0 saturated heterocycles. The smallest absolute Gasteiger partial charge is 0.295 e. The molecule has 0 bridgehead atoms. The van der Waals surface area contributed by atoms with Crippen LogP contribution in [0, 0.1) is 0 Å². The molecule has 1 aliphatic heterocycles. The number of hydrogen-bond acceptors (Lipinski definition) is 2. The van der Waals surface area contributed by atoms with E-state index in [1.54, 1.807) is 0 Å². The van der Waals surface area contributed by atoms with Crippen molar-refractivity contribution >= 4 is 17.4 Å². The lowest BCUT2D eigenvalue weighted by molar-refractivity contribution is -0.588. The fourth-order valence-corrected chi connectivity index (χ4v) is 2.23. The SMILES string of the molecule is O=C1C[NH2+]C(c2ccc([NH2+]Cc3ccccc3)cc2)=NN1.[Cl-].[Cl-]. The van der Waals surface area contributed by atoms with E-state index in [4.69, 9.17) is 0 Å². The monoisotopic (exact) mass is 352 g/mol. The van der Waals surface area contributed by atoms with Gasteiger partial charge in [-0.2, -0.15) is 0 Å². The molecule has 0 radical (unpaired) electrons. The number of nitrogens with zero attached hydrogens (tertiary/aromatic N) is 1. The van der Waals surface area contributed by atoms with Crippen molar-refractivity contribution in [2.45, 2.75) is 6.54 Å².